The molecule has 0 spiro atoms. The maximum Gasteiger partial charge on any atom is 0.227 e. The highest BCUT2D eigenvalue weighted by atomic mass is 79.9. The van der Waals surface area contributed by atoms with Crippen molar-refractivity contribution < 1.29 is 14.0 Å². The number of aliphatic hydroxyl groups excluding tert-OH is 1. The summed E-state index contributed by atoms with van der Waals surface area (Å²) in [5, 5.41) is 12.5. The fraction of sp³-hybridized carbons (Fsp3) is 0.273. The van der Waals surface area contributed by atoms with Gasteiger partial charge < -0.3 is 9.63 Å². The van der Waals surface area contributed by atoms with Gasteiger partial charge in [-0.25, -0.2) is 4.39 Å². The number of hydrogen-bond donors (Lipinski definition) is 1. The molecular formula is C11H10BrFN2O2. The first-order valence-electron chi connectivity index (χ1n) is 5.09. The molecule has 0 aliphatic rings. The van der Waals surface area contributed by atoms with Crippen LogP contribution in [-0.2, 0) is 6.42 Å². The van der Waals surface area contributed by atoms with Crippen LogP contribution in [0, 0.1) is 5.82 Å². The summed E-state index contributed by atoms with van der Waals surface area (Å²) in [7, 11) is 0. The lowest BCUT2D eigenvalue weighted by Gasteiger charge is -1.96. The standard InChI is InChI=1S/C11H10BrFN2O2/c12-8-6-7(3-4-9(8)13)11-14-10(17-15-11)2-1-5-16/h3-4,6,16H,1-2,5H2. The zero-order chi connectivity index (χ0) is 12.3. The number of rotatable bonds is 4. The van der Waals surface area contributed by atoms with Gasteiger partial charge in [0.1, 0.15) is 5.82 Å². The molecule has 2 aromatic rings. The van der Waals surface area contributed by atoms with Crippen molar-refractivity contribution in [3.05, 3.63) is 34.4 Å². The lowest BCUT2D eigenvalue weighted by molar-refractivity contribution is 0.278. The number of aromatic nitrogens is 2. The molecule has 0 unspecified atom stereocenters. The number of benzene rings is 1. The van der Waals surface area contributed by atoms with E-state index in [-0.39, 0.29) is 12.4 Å². The van der Waals surface area contributed by atoms with E-state index in [1.54, 1.807) is 12.1 Å². The third kappa shape index (κ3) is 2.89. The summed E-state index contributed by atoms with van der Waals surface area (Å²) >= 11 is 3.10. The number of hydrogen-bond acceptors (Lipinski definition) is 4. The van der Waals surface area contributed by atoms with E-state index in [0.29, 0.717) is 34.6 Å². The van der Waals surface area contributed by atoms with Gasteiger partial charge in [0.15, 0.2) is 0 Å². The van der Waals surface area contributed by atoms with Crippen LogP contribution in [0.5, 0.6) is 0 Å². The van der Waals surface area contributed by atoms with Crippen molar-refractivity contribution in [2.75, 3.05) is 6.61 Å². The largest absolute Gasteiger partial charge is 0.396 e. The summed E-state index contributed by atoms with van der Waals surface area (Å²) in [5.41, 5.74) is 0.678. The van der Waals surface area contributed by atoms with Gasteiger partial charge in [0.25, 0.3) is 0 Å². The summed E-state index contributed by atoms with van der Waals surface area (Å²) in [6, 6.07) is 4.51. The van der Waals surface area contributed by atoms with Gasteiger partial charge >= 0.3 is 0 Å². The Balaban J connectivity index is 2.21. The number of aryl methyl sites for hydroxylation is 1. The summed E-state index contributed by atoms with van der Waals surface area (Å²) in [4.78, 5) is 4.16. The molecule has 0 aliphatic heterocycles. The minimum atomic E-state index is -0.335. The second kappa shape index (κ2) is 5.37. The Hall–Kier alpha value is -1.27. The molecule has 0 aliphatic carbocycles. The Morgan fingerprint density at radius 2 is 2.24 bits per heavy atom. The van der Waals surface area contributed by atoms with Crippen molar-refractivity contribution in [1.82, 2.24) is 10.1 Å². The Morgan fingerprint density at radius 1 is 1.41 bits per heavy atom. The van der Waals surface area contributed by atoms with E-state index in [9.17, 15) is 4.39 Å². The van der Waals surface area contributed by atoms with Crippen molar-refractivity contribution in [1.29, 1.82) is 0 Å². The molecule has 0 saturated heterocycles. The molecule has 0 fully saturated rings. The molecule has 0 amide bonds. The molecule has 0 atom stereocenters. The van der Waals surface area contributed by atoms with Crippen LogP contribution in [0.2, 0.25) is 0 Å². The maximum atomic E-state index is 13.0. The van der Waals surface area contributed by atoms with Gasteiger partial charge in [-0.3, -0.25) is 0 Å². The summed E-state index contributed by atoms with van der Waals surface area (Å²) in [6.45, 7) is 0.0831. The lowest BCUT2D eigenvalue weighted by atomic mass is 10.2. The molecule has 1 aromatic carbocycles. The van der Waals surface area contributed by atoms with Crippen molar-refractivity contribution in [2.24, 2.45) is 0 Å². The first-order valence-corrected chi connectivity index (χ1v) is 5.89. The minimum Gasteiger partial charge on any atom is -0.396 e. The molecule has 2 rings (SSSR count). The summed E-state index contributed by atoms with van der Waals surface area (Å²) < 4.78 is 18.4. The van der Waals surface area contributed by atoms with Crippen LogP contribution in [0.4, 0.5) is 4.39 Å². The average molecular weight is 301 g/mol. The van der Waals surface area contributed by atoms with Gasteiger partial charge in [0, 0.05) is 18.6 Å². The smallest absolute Gasteiger partial charge is 0.227 e. The molecule has 17 heavy (non-hydrogen) atoms. The first kappa shape index (κ1) is 12.2. The molecular weight excluding hydrogens is 291 g/mol. The van der Waals surface area contributed by atoms with Gasteiger partial charge in [-0.15, -0.1) is 0 Å². The normalized spacial score (nSPS) is 10.8. The van der Waals surface area contributed by atoms with Crippen LogP contribution < -0.4 is 0 Å². The second-order valence-electron chi connectivity index (χ2n) is 3.47. The van der Waals surface area contributed by atoms with E-state index in [1.807, 2.05) is 0 Å². The molecule has 4 nitrogen and oxygen atoms in total. The van der Waals surface area contributed by atoms with Gasteiger partial charge in [0.2, 0.25) is 11.7 Å². The Kier molecular flexibility index (Phi) is 3.86. The van der Waals surface area contributed by atoms with Gasteiger partial charge in [-0.05, 0) is 40.5 Å². The van der Waals surface area contributed by atoms with Crippen molar-refractivity contribution in [3.8, 4) is 11.4 Å². The van der Waals surface area contributed by atoms with Crippen molar-refractivity contribution in [2.45, 2.75) is 12.8 Å². The SMILES string of the molecule is OCCCc1nc(-c2ccc(F)c(Br)c2)no1. The van der Waals surface area contributed by atoms with E-state index in [0.717, 1.165) is 0 Å². The van der Waals surface area contributed by atoms with Crippen molar-refractivity contribution >= 4 is 15.9 Å². The Bertz CT molecular complexity index is 516. The highest BCUT2D eigenvalue weighted by Gasteiger charge is 2.10. The summed E-state index contributed by atoms with van der Waals surface area (Å²) in [5.74, 6) is 0.547. The van der Waals surface area contributed by atoms with E-state index in [2.05, 4.69) is 26.1 Å². The van der Waals surface area contributed by atoms with E-state index in [4.69, 9.17) is 9.63 Å². The fourth-order valence-electron chi connectivity index (χ4n) is 1.34. The van der Waals surface area contributed by atoms with Crippen LogP contribution in [0.1, 0.15) is 12.3 Å². The van der Waals surface area contributed by atoms with Crippen LogP contribution >= 0.6 is 15.9 Å². The van der Waals surface area contributed by atoms with E-state index in [1.165, 1.54) is 6.07 Å². The second-order valence-corrected chi connectivity index (χ2v) is 4.32. The monoisotopic (exact) mass is 300 g/mol. The average Bonchev–Trinajstić information content (AvgIpc) is 2.79. The van der Waals surface area contributed by atoms with Crippen LogP contribution in [-0.4, -0.2) is 21.9 Å². The Morgan fingerprint density at radius 3 is 2.94 bits per heavy atom. The molecule has 0 bridgehead atoms. The fourth-order valence-corrected chi connectivity index (χ4v) is 1.72. The number of halogens is 2. The number of aliphatic hydroxyl groups is 1. The molecule has 90 valence electrons. The molecule has 0 saturated carbocycles. The zero-order valence-electron chi connectivity index (χ0n) is 8.86. The number of nitrogens with zero attached hydrogens (tertiary/aromatic N) is 2. The van der Waals surface area contributed by atoms with Gasteiger partial charge in [-0.2, -0.15) is 4.98 Å². The third-order valence-corrected chi connectivity index (χ3v) is 2.80. The third-order valence-electron chi connectivity index (χ3n) is 2.19. The topological polar surface area (TPSA) is 59.2 Å². The van der Waals surface area contributed by atoms with E-state index < -0.39 is 0 Å². The highest BCUT2D eigenvalue weighted by molar-refractivity contribution is 9.10. The van der Waals surface area contributed by atoms with Crippen LogP contribution in [0.3, 0.4) is 0 Å². The Labute approximate surface area is 106 Å². The quantitative estimate of drug-likeness (QED) is 0.943. The predicted octanol–water partition coefficient (Wildman–Crippen LogP) is 2.56. The van der Waals surface area contributed by atoms with Crippen LogP contribution in [0.15, 0.2) is 27.2 Å². The summed E-state index contributed by atoms with van der Waals surface area (Å²) in [6.07, 6.45) is 1.11. The maximum absolute atomic E-state index is 13.0. The molecule has 6 heteroatoms. The highest BCUT2D eigenvalue weighted by Crippen LogP contribution is 2.23. The van der Waals surface area contributed by atoms with Gasteiger partial charge in [-0.1, -0.05) is 5.16 Å². The van der Waals surface area contributed by atoms with Gasteiger partial charge in [0.05, 0.1) is 4.47 Å². The molecule has 1 N–H and O–H groups in total. The zero-order valence-corrected chi connectivity index (χ0v) is 10.4. The minimum absolute atomic E-state index is 0.0831. The lowest BCUT2D eigenvalue weighted by Crippen LogP contribution is -1.89. The molecule has 1 aromatic heterocycles. The predicted molar refractivity (Wildman–Crippen MR) is 62.8 cm³/mol. The first-order chi connectivity index (χ1) is 8.20. The molecule has 0 radical (unpaired) electrons. The van der Waals surface area contributed by atoms with Crippen LogP contribution in [0.25, 0.3) is 11.4 Å². The molecule has 1 heterocycles. The van der Waals surface area contributed by atoms with E-state index >= 15 is 0 Å². The van der Waals surface area contributed by atoms with Crippen molar-refractivity contribution in [3.63, 3.8) is 0 Å².